The van der Waals surface area contributed by atoms with Crippen molar-refractivity contribution >= 4 is 28.7 Å². The Kier molecular flexibility index (Phi) is 6.47. The number of nitrogens with one attached hydrogen (secondary N) is 1. The minimum atomic E-state index is -0.0753. The van der Waals surface area contributed by atoms with E-state index in [1.165, 1.54) is 0 Å². The molecular weight excluding hydrogens is 394 g/mol. The zero-order valence-electron chi connectivity index (χ0n) is 16.5. The van der Waals surface area contributed by atoms with Crippen LogP contribution in [0.2, 0.25) is 0 Å². The van der Waals surface area contributed by atoms with Crippen molar-refractivity contribution in [2.75, 3.05) is 13.2 Å². The smallest absolute Gasteiger partial charge is 0.254 e. The number of aromatic amines is 1. The summed E-state index contributed by atoms with van der Waals surface area (Å²) < 4.78 is 0. The van der Waals surface area contributed by atoms with Crippen molar-refractivity contribution in [3.8, 4) is 0 Å². The molecule has 3 aromatic carbocycles. The summed E-state index contributed by atoms with van der Waals surface area (Å²) in [5.41, 5.74) is 4.57. The van der Waals surface area contributed by atoms with E-state index in [1.54, 1.807) is 16.7 Å². The summed E-state index contributed by atoms with van der Waals surface area (Å²) in [7, 11) is 0. The summed E-state index contributed by atoms with van der Waals surface area (Å²) in [6.45, 7) is 0.679. The second-order valence-corrected chi connectivity index (χ2v) is 7.90. The molecule has 0 saturated heterocycles. The monoisotopic (exact) mass is 417 g/mol. The second kappa shape index (κ2) is 9.61. The van der Waals surface area contributed by atoms with Crippen molar-refractivity contribution in [2.45, 2.75) is 17.5 Å². The number of aliphatic hydroxyl groups is 1. The topological polar surface area (TPSA) is 69.2 Å². The fraction of sp³-hybridized carbons (Fsp3) is 0.167. The van der Waals surface area contributed by atoms with E-state index in [-0.39, 0.29) is 12.5 Å². The Balaban J connectivity index is 1.52. The third-order valence-corrected chi connectivity index (χ3v) is 5.78. The maximum atomic E-state index is 13.3. The van der Waals surface area contributed by atoms with Crippen LogP contribution in [0.15, 0.2) is 84.0 Å². The number of imidazole rings is 1. The second-order valence-electron chi connectivity index (χ2n) is 6.94. The lowest BCUT2D eigenvalue weighted by Gasteiger charge is -2.23. The van der Waals surface area contributed by atoms with Crippen LogP contribution in [0.4, 0.5) is 0 Å². The Morgan fingerprint density at radius 1 is 0.967 bits per heavy atom. The van der Waals surface area contributed by atoms with Gasteiger partial charge >= 0.3 is 0 Å². The first-order chi connectivity index (χ1) is 14.7. The van der Waals surface area contributed by atoms with Crippen LogP contribution in [0.3, 0.4) is 0 Å². The van der Waals surface area contributed by atoms with Gasteiger partial charge < -0.3 is 15.0 Å². The van der Waals surface area contributed by atoms with Gasteiger partial charge in [0.1, 0.15) is 0 Å². The van der Waals surface area contributed by atoms with Crippen molar-refractivity contribution in [3.05, 3.63) is 95.6 Å². The lowest BCUT2D eigenvalue weighted by atomic mass is 10.1. The van der Waals surface area contributed by atoms with Gasteiger partial charge in [0.25, 0.3) is 5.91 Å². The van der Waals surface area contributed by atoms with Crippen molar-refractivity contribution in [1.82, 2.24) is 14.9 Å². The van der Waals surface area contributed by atoms with Crippen molar-refractivity contribution in [1.29, 1.82) is 0 Å². The Morgan fingerprint density at radius 3 is 2.50 bits per heavy atom. The molecule has 0 fully saturated rings. The van der Waals surface area contributed by atoms with Crippen LogP contribution in [0.5, 0.6) is 0 Å². The maximum Gasteiger partial charge on any atom is 0.254 e. The average Bonchev–Trinajstić information content (AvgIpc) is 3.21. The molecule has 4 rings (SSSR count). The van der Waals surface area contributed by atoms with Crippen LogP contribution in [0, 0.1) is 0 Å². The number of amides is 1. The summed E-state index contributed by atoms with van der Waals surface area (Å²) >= 11 is 1.57. The van der Waals surface area contributed by atoms with Gasteiger partial charge in [-0.2, -0.15) is 0 Å². The van der Waals surface area contributed by atoms with Gasteiger partial charge in [0.15, 0.2) is 5.16 Å². The van der Waals surface area contributed by atoms with Crippen molar-refractivity contribution in [2.24, 2.45) is 0 Å². The molecule has 0 spiro atoms. The number of benzene rings is 3. The number of rotatable bonds is 8. The molecule has 1 amide bonds. The van der Waals surface area contributed by atoms with Gasteiger partial charge in [0, 0.05) is 24.4 Å². The number of hydrogen-bond acceptors (Lipinski definition) is 4. The number of nitrogens with zero attached hydrogens (tertiary/aromatic N) is 2. The molecular formula is C24H23N3O2S. The number of thioether (sulfide) groups is 1. The predicted octanol–water partition coefficient (Wildman–Crippen LogP) is 4.49. The number of carbonyl (C=O) groups excluding carboxylic acids is 1. The minimum Gasteiger partial charge on any atom is -0.395 e. The highest BCUT2D eigenvalue weighted by molar-refractivity contribution is 7.98. The number of fused-ring (bicyclic) bond motifs is 1. The molecule has 5 nitrogen and oxygen atoms in total. The number of para-hydroxylation sites is 2. The molecule has 0 aliphatic rings. The third kappa shape index (κ3) is 4.72. The Hall–Kier alpha value is -3.09. The molecule has 30 heavy (non-hydrogen) atoms. The molecule has 1 heterocycles. The number of carbonyl (C=O) groups is 1. The first-order valence-electron chi connectivity index (χ1n) is 9.84. The van der Waals surface area contributed by atoms with Gasteiger partial charge in [-0.1, -0.05) is 72.4 Å². The molecule has 0 aliphatic heterocycles. The van der Waals surface area contributed by atoms with Crippen LogP contribution in [-0.4, -0.2) is 39.0 Å². The number of aromatic nitrogens is 2. The normalized spacial score (nSPS) is 11.0. The molecule has 152 valence electrons. The van der Waals surface area contributed by atoms with E-state index in [1.807, 2.05) is 78.9 Å². The van der Waals surface area contributed by atoms with E-state index < -0.39 is 0 Å². The van der Waals surface area contributed by atoms with Crippen LogP contribution in [0.1, 0.15) is 21.5 Å². The molecule has 1 aromatic heterocycles. The average molecular weight is 418 g/mol. The highest BCUT2D eigenvalue weighted by Gasteiger charge is 2.19. The van der Waals surface area contributed by atoms with E-state index >= 15 is 0 Å². The van der Waals surface area contributed by atoms with Crippen LogP contribution >= 0.6 is 11.8 Å². The molecule has 4 aromatic rings. The molecule has 0 aliphatic carbocycles. The SMILES string of the molecule is O=C(c1ccccc1CSc1nc2ccccc2[nH]1)N(CCO)Cc1ccccc1. The fourth-order valence-electron chi connectivity index (χ4n) is 3.35. The van der Waals surface area contributed by atoms with E-state index in [0.29, 0.717) is 24.4 Å². The van der Waals surface area contributed by atoms with Crippen LogP contribution in [0.25, 0.3) is 11.0 Å². The zero-order valence-corrected chi connectivity index (χ0v) is 17.3. The summed E-state index contributed by atoms with van der Waals surface area (Å²) in [6, 6.07) is 25.4. The fourth-order valence-corrected chi connectivity index (χ4v) is 4.23. The molecule has 2 N–H and O–H groups in total. The Morgan fingerprint density at radius 2 is 1.70 bits per heavy atom. The summed E-state index contributed by atoms with van der Waals surface area (Å²) in [5, 5.41) is 10.3. The highest BCUT2D eigenvalue weighted by Crippen LogP contribution is 2.25. The van der Waals surface area contributed by atoms with E-state index in [0.717, 1.165) is 27.3 Å². The van der Waals surface area contributed by atoms with Gasteiger partial charge in [0.05, 0.1) is 17.6 Å². The zero-order chi connectivity index (χ0) is 20.8. The van der Waals surface area contributed by atoms with E-state index in [2.05, 4.69) is 9.97 Å². The largest absolute Gasteiger partial charge is 0.395 e. The highest BCUT2D eigenvalue weighted by atomic mass is 32.2. The molecule has 0 saturated carbocycles. The Labute approximate surface area is 179 Å². The summed E-state index contributed by atoms with van der Waals surface area (Å²) in [6.07, 6.45) is 0. The van der Waals surface area contributed by atoms with E-state index in [9.17, 15) is 9.90 Å². The quantitative estimate of drug-likeness (QED) is 0.415. The standard InChI is InChI=1S/C24H23N3O2S/c28-15-14-27(16-18-8-2-1-3-9-18)23(29)20-11-5-4-10-19(20)17-30-24-25-21-12-6-7-13-22(21)26-24/h1-13,28H,14-17H2,(H,25,26). The first kappa shape index (κ1) is 20.2. The molecule has 0 radical (unpaired) electrons. The van der Waals surface area contributed by atoms with Gasteiger partial charge in [-0.25, -0.2) is 4.98 Å². The molecule has 6 heteroatoms. The molecule has 0 bridgehead atoms. The number of hydrogen-bond donors (Lipinski definition) is 2. The van der Waals surface area contributed by atoms with Crippen LogP contribution < -0.4 is 0 Å². The van der Waals surface area contributed by atoms with Crippen molar-refractivity contribution in [3.63, 3.8) is 0 Å². The lowest BCUT2D eigenvalue weighted by Crippen LogP contribution is -2.33. The first-order valence-corrected chi connectivity index (χ1v) is 10.8. The molecule has 0 unspecified atom stereocenters. The van der Waals surface area contributed by atoms with Gasteiger partial charge in [-0.3, -0.25) is 4.79 Å². The molecule has 0 atom stereocenters. The van der Waals surface area contributed by atoms with Crippen molar-refractivity contribution < 1.29 is 9.90 Å². The Bertz CT molecular complexity index is 1090. The summed E-state index contributed by atoms with van der Waals surface area (Å²) in [5.74, 6) is 0.550. The van der Waals surface area contributed by atoms with E-state index in [4.69, 9.17) is 0 Å². The number of H-pyrrole nitrogens is 1. The third-order valence-electron chi connectivity index (χ3n) is 4.85. The minimum absolute atomic E-state index is 0.0749. The van der Waals surface area contributed by atoms with Gasteiger partial charge in [-0.15, -0.1) is 0 Å². The lowest BCUT2D eigenvalue weighted by molar-refractivity contribution is 0.0707. The van der Waals surface area contributed by atoms with Gasteiger partial charge in [-0.05, 0) is 29.3 Å². The van der Waals surface area contributed by atoms with Gasteiger partial charge in [0.2, 0.25) is 0 Å². The maximum absolute atomic E-state index is 13.3. The summed E-state index contributed by atoms with van der Waals surface area (Å²) in [4.78, 5) is 22.9. The van der Waals surface area contributed by atoms with Crippen LogP contribution in [-0.2, 0) is 12.3 Å². The number of aliphatic hydroxyl groups excluding tert-OH is 1. The predicted molar refractivity (Wildman–Crippen MR) is 120 cm³/mol.